The number of carbonyl (C=O) groups is 2. The quantitative estimate of drug-likeness (QED) is 0.172. The average molecular weight is 417 g/mol. The van der Waals surface area contributed by atoms with Crippen molar-refractivity contribution in [2.45, 2.75) is 72.1 Å². The van der Waals surface area contributed by atoms with Crippen LogP contribution in [0.4, 0.5) is 0 Å². The van der Waals surface area contributed by atoms with Gasteiger partial charge in [0, 0.05) is 6.42 Å². The van der Waals surface area contributed by atoms with Crippen LogP contribution in [-0.4, -0.2) is 31.8 Å². The molecule has 0 atom stereocenters. The van der Waals surface area contributed by atoms with E-state index in [4.69, 9.17) is 20.6 Å². The third-order valence-electron chi connectivity index (χ3n) is 5.02. The highest BCUT2D eigenvalue weighted by Gasteiger charge is 2.48. The first kappa shape index (κ1) is 25.6. The Hall–Kier alpha value is -2.48. The van der Waals surface area contributed by atoms with Crippen molar-refractivity contribution in [3.63, 3.8) is 0 Å². The van der Waals surface area contributed by atoms with E-state index in [0.717, 1.165) is 17.7 Å². The van der Waals surface area contributed by atoms with Crippen molar-refractivity contribution < 1.29 is 23.8 Å². The zero-order chi connectivity index (χ0) is 22.2. The van der Waals surface area contributed by atoms with Crippen LogP contribution in [0.2, 0.25) is 0 Å². The Kier molecular flexibility index (Phi) is 12.3. The highest BCUT2D eigenvalue weighted by atomic mass is 16.6. The Morgan fingerprint density at radius 2 is 1.53 bits per heavy atom. The van der Waals surface area contributed by atoms with Gasteiger partial charge in [-0.1, -0.05) is 44.7 Å². The molecule has 1 rings (SSSR count). The predicted octanol–water partition coefficient (Wildman–Crippen LogP) is 5.10. The average Bonchev–Trinajstić information content (AvgIpc) is 2.74. The Morgan fingerprint density at radius 1 is 0.933 bits per heavy atom. The van der Waals surface area contributed by atoms with Crippen molar-refractivity contribution in [1.82, 2.24) is 0 Å². The molecule has 0 saturated carbocycles. The molecule has 0 saturated heterocycles. The van der Waals surface area contributed by atoms with Gasteiger partial charge in [0.1, 0.15) is 5.75 Å². The van der Waals surface area contributed by atoms with Crippen LogP contribution in [0.1, 0.15) is 71.3 Å². The third-order valence-corrected chi connectivity index (χ3v) is 5.02. The lowest BCUT2D eigenvalue weighted by Gasteiger charge is -2.27. The fourth-order valence-electron chi connectivity index (χ4n) is 3.24. The summed E-state index contributed by atoms with van der Waals surface area (Å²) in [5, 5.41) is 0. The molecule has 0 unspecified atom stereocenters. The Labute approximate surface area is 181 Å². The zero-order valence-electron chi connectivity index (χ0n) is 18.7. The lowest BCUT2D eigenvalue weighted by atomic mass is 9.79. The van der Waals surface area contributed by atoms with Gasteiger partial charge in [0.25, 0.3) is 0 Å². The van der Waals surface area contributed by atoms with Crippen LogP contribution in [0.5, 0.6) is 5.75 Å². The van der Waals surface area contributed by atoms with Gasteiger partial charge in [-0.2, -0.15) is 0 Å². The van der Waals surface area contributed by atoms with Crippen LogP contribution in [0, 0.1) is 17.8 Å². The summed E-state index contributed by atoms with van der Waals surface area (Å²) >= 11 is 0. The summed E-state index contributed by atoms with van der Waals surface area (Å²) in [6, 6.07) is 7.73. The maximum absolute atomic E-state index is 12.6. The summed E-state index contributed by atoms with van der Waals surface area (Å²) in [5.74, 6) is 2.03. The van der Waals surface area contributed by atoms with Crippen molar-refractivity contribution in [3.8, 4) is 18.1 Å². The molecular weight excluding hydrogens is 380 g/mol. The molecule has 166 valence electrons. The minimum Gasteiger partial charge on any atom is -0.494 e. The molecular formula is C25H36O5. The smallest absolute Gasteiger partial charge is 0.324 e. The molecule has 30 heavy (non-hydrogen) atoms. The van der Waals surface area contributed by atoms with Crippen LogP contribution in [0.3, 0.4) is 0 Å². The van der Waals surface area contributed by atoms with E-state index in [9.17, 15) is 9.59 Å². The van der Waals surface area contributed by atoms with Gasteiger partial charge < -0.3 is 14.2 Å². The molecule has 5 heteroatoms. The fraction of sp³-hybridized carbons (Fsp3) is 0.600. The molecule has 0 fully saturated rings. The predicted molar refractivity (Wildman–Crippen MR) is 118 cm³/mol. The van der Waals surface area contributed by atoms with E-state index in [2.05, 4.69) is 12.8 Å². The van der Waals surface area contributed by atoms with Gasteiger partial charge in [-0.3, -0.25) is 9.59 Å². The first-order valence-corrected chi connectivity index (χ1v) is 11.0. The number of carbonyl (C=O) groups excluding carboxylic acids is 2. The van der Waals surface area contributed by atoms with E-state index in [1.54, 1.807) is 13.8 Å². The second-order valence-electron chi connectivity index (χ2n) is 7.31. The minimum atomic E-state index is -1.48. The molecule has 0 amide bonds. The Bertz CT molecular complexity index is 654. The molecule has 0 aliphatic rings. The van der Waals surface area contributed by atoms with E-state index < -0.39 is 17.4 Å². The van der Waals surface area contributed by atoms with Crippen molar-refractivity contribution in [3.05, 3.63) is 29.8 Å². The number of aryl methyl sites for hydroxylation is 1. The number of benzene rings is 1. The highest BCUT2D eigenvalue weighted by Crippen LogP contribution is 2.32. The molecule has 1 aromatic rings. The van der Waals surface area contributed by atoms with Crippen LogP contribution in [0.25, 0.3) is 0 Å². The van der Waals surface area contributed by atoms with Crippen molar-refractivity contribution in [1.29, 1.82) is 0 Å². The number of unbranched alkanes of at least 4 members (excludes halogenated alkanes) is 4. The summed E-state index contributed by atoms with van der Waals surface area (Å²) in [6.07, 6.45) is 12.1. The van der Waals surface area contributed by atoms with E-state index in [1.165, 1.54) is 25.7 Å². The van der Waals surface area contributed by atoms with Gasteiger partial charge in [-0.05, 0) is 50.8 Å². The third kappa shape index (κ3) is 8.10. The molecule has 0 radical (unpaired) electrons. The van der Waals surface area contributed by atoms with E-state index in [1.807, 2.05) is 24.3 Å². The van der Waals surface area contributed by atoms with Gasteiger partial charge >= 0.3 is 11.9 Å². The normalized spacial score (nSPS) is 10.9. The second-order valence-corrected chi connectivity index (χ2v) is 7.31. The Morgan fingerprint density at radius 3 is 2.07 bits per heavy atom. The number of hydrogen-bond donors (Lipinski definition) is 0. The summed E-state index contributed by atoms with van der Waals surface area (Å²) in [6.45, 7) is 6.66. The maximum atomic E-state index is 12.6. The number of rotatable bonds is 15. The monoisotopic (exact) mass is 416 g/mol. The van der Waals surface area contributed by atoms with E-state index in [0.29, 0.717) is 13.0 Å². The number of hydrogen-bond acceptors (Lipinski definition) is 5. The van der Waals surface area contributed by atoms with Crippen LogP contribution < -0.4 is 4.74 Å². The van der Waals surface area contributed by atoms with Gasteiger partial charge in [0.2, 0.25) is 0 Å². The topological polar surface area (TPSA) is 61.8 Å². The minimum absolute atomic E-state index is 0.0517. The fourth-order valence-corrected chi connectivity index (χ4v) is 3.24. The van der Waals surface area contributed by atoms with Crippen LogP contribution in [-0.2, 0) is 25.5 Å². The summed E-state index contributed by atoms with van der Waals surface area (Å²) in [7, 11) is 0. The van der Waals surface area contributed by atoms with Crippen LogP contribution in [0.15, 0.2) is 24.3 Å². The van der Waals surface area contributed by atoms with Crippen LogP contribution >= 0.6 is 0 Å². The molecule has 0 aliphatic heterocycles. The first-order valence-electron chi connectivity index (χ1n) is 11.0. The van der Waals surface area contributed by atoms with E-state index in [-0.39, 0.29) is 26.1 Å². The molecule has 1 aromatic carbocycles. The summed E-state index contributed by atoms with van der Waals surface area (Å²) in [5.41, 5.74) is -0.491. The summed E-state index contributed by atoms with van der Waals surface area (Å²) < 4.78 is 16.1. The molecule has 0 aromatic heterocycles. The van der Waals surface area contributed by atoms with Gasteiger partial charge in [-0.15, -0.1) is 12.3 Å². The number of terminal acetylenes is 1. The molecule has 0 aliphatic carbocycles. The largest absolute Gasteiger partial charge is 0.494 e. The maximum Gasteiger partial charge on any atom is 0.324 e. The van der Waals surface area contributed by atoms with E-state index >= 15 is 0 Å². The van der Waals surface area contributed by atoms with Gasteiger partial charge in [0.05, 0.1) is 19.8 Å². The SMILES string of the molecule is C#CCC(CCc1ccc(OCCCCCCC)cc1)(C(=O)OCC)C(=O)OCC. The van der Waals surface area contributed by atoms with Crippen molar-refractivity contribution >= 4 is 11.9 Å². The van der Waals surface area contributed by atoms with Gasteiger partial charge in [0.15, 0.2) is 5.41 Å². The molecule has 0 bridgehead atoms. The second kappa shape index (κ2) is 14.5. The first-order chi connectivity index (χ1) is 14.5. The lowest BCUT2D eigenvalue weighted by molar-refractivity contribution is -0.172. The summed E-state index contributed by atoms with van der Waals surface area (Å²) in [4.78, 5) is 25.2. The molecule has 5 nitrogen and oxygen atoms in total. The van der Waals surface area contributed by atoms with Gasteiger partial charge in [-0.25, -0.2) is 0 Å². The lowest BCUT2D eigenvalue weighted by Crippen LogP contribution is -2.42. The Balaban J connectivity index is 2.72. The molecule has 0 spiro atoms. The number of ether oxygens (including phenoxy) is 3. The molecule has 0 heterocycles. The zero-order valence-corrected chi connectivity index (χ0v) is 18.7. The molecule has 0 N–H and O–H groups in total. The highest BCUT2D eigenvalue weighted by molar-refractivity contribution is 6.00. The van der Waals surface area contributed by atoms with Crippen molar-refractivity contribution in [2.24, 2.45) is 5.41 Å². The standard InChI is InChI=1S/C25H36O5/c1-5-9-10-11-12-20-30-22-15-13-21(14-16-22)17-19-25(18-6-2,23(26)28-7-3)24(27)29-8-4/h2,13-16H,5,7-12,17-20H2,1,3-4H3. The number of esters is 2. The van der Waals surface area contributed by atoms with Crippen molar-refractivity contribution in [2.75, 3.05) is 19.8 Å².